The van der Waals surface area contributed by atoms with E-state index < -0.39 is 0 Å². The molecule has 186 valence electrons. The molecule has 0 atom stereocenters. The number of aryl methyl sites for hydroxylation is 1. The zero-order chi connectivity index (χ0) is 25.3. The molecule has 0 bridgehead atoms. The standard InChI is InChI=1S/C29H32N4O3/c1-4-19-30-29(34)33(20-22-11-7-5-8-12-22)21-26-27(23-13-9-6-10-14-23)31-32(2)28(26)36-25-17-15-24(35-3)16-18-25/h5-18H,4,19-21H2,1-3H3,(H,30,34). The molecular formula is C29H32N4O3. The van der Waals surface area contributed by atoms with E-state index in [2.05, 4.69) is 5.32 Å². The Morgan fingerprint density at radius 2 is 1.56 bits per heavy atom. The molecule has 1 heterocycles. The lowest BCUT2D eigenvalue weighted by Crippen LogP contribution is -2.39. The summed E-state index contributed by atoms with van der Waals surface area (Å²) < 4.78 is 13.3. The number of ether oxygens (including phenoxy) is 2. The second kappa shape index (κ2) is 11.9. The van der Waals surface area contributed by atoms with Gasteiger partial charge >= 0.3 is 6.03 Å². The SMILES string of the molecule is CCCNC(=O)N(Cc1ccccc1)Cc1c(-c2ccccc2)nn(C)c1Oc1ccc(OC)cc1. The average molecular weight is 485 g/mol. The van der Waals surface area contributed by atoms with Crippen LogP contribution >= 0.6 is 0 Å². The number of hydrogen-bond donors (Lipinski definition) is 1. The van der Waals surface area contributed by atoms with Crippen LogP contribution in [0.4, 0.5) is 4.79 Å². The Labute approximate surface area is 212 Å². The van der Waals surface area contributed by atoms with Gasteiger partial charge in [-0.15, -0.1) is 0 Å². The first-order chi connectivity index (χ1) is 17.6. The number of methoxy groups -OCH3 is 1. The van der Waals surface area contributed by atoms with Crippen LogP contribution in [-0.2, 0) is 20.1 Å². The van der Waals surface area contributed by atoms with E-state index in [0.29, 0.717) is 31.3 Å². The summed E-state index contributed by atoms with van der Waals surface area (Å²) in [7, 11) is 3.49. The Hall–Kier alpha value is -4.26. The van der Waals surface area contributed by atoms with Gasteiger partial charge in [0.1, 0.15) is 17.2 Å². The molecule has 4 rings (SSSR count). The maximum atomic E-state index is 13.2. The van der Waals surface area contributed by atoms with Gasteiger partial charge in [0.2, 0.25) is 5.88 Å². The van der Waals surface area contributed by atoms with Gasteiger partial charge in [0.05, 0.1) is 19.2 Å². The molecule has 0 spiro atoms. The minimum absolute atomic E-state index is 0.126. The van der Waals surface area contributed by atoms with Gasteiger partial charge in [0.15, 0.2) is 0 Å². The Balaban J connectivity index is 1.73. The Bertz CT molecular complexity index is 1260. The van der Waals surface area contributed by atoms with Crippen LogP contribution in [0.5, 0.6) is 17.4 Å². The largest absolute Gasteiger partial charge is 0.497 e. The van der Waals surface area contributed by atoms with Gasteiger partial charge in [-0.25, -0.2) is 9.48 Å². The van der Waals surface area contributed by atoms with E-state index in [1.54, 1.807) is 16.7 Å². The number of carbonyl (C=O) groups is 1. The molecule has 0 radical (unpaired) electrons. The summed E-state index contributed by atoms with van der Waals surface area (Å²) >= 11 is 0. The van der Waals surface area contributed by atoms with Gasteiger partial charge in [-0.05, 0) is 36.2 Å². The smallest absolute Gasteiger partial charge is 0.318 e. The molecular weight excluding hydrogens is 452 g/mol. The lowest BCUT2D eigenvalue weighted by atomic mass is 10.1. The van der Waals surface area contributed by atoms with Crippen molar-refractivity contribution in [1.82, 2.24) is 20.0 Å². The number of carbonyl (C=O) groups excluding carboxylic acids is 1. The van der Waals surface area contributed by atoms with Gasteiger partial charge in [-0.3, -0.25) is 0 Å². The monoisotopic (exact) mass is 484 g/mol. The summed E-state index contributed by atoms with van der Waals surface area (Å²) in [6, 6.07) is 27.2. The zero-order valence-electron chi connectivity index (χ0n) is 21.0. The van der Waals surface area contributed by atoms with Crippen LogP contribution in [0.3, 0.4) is 0 Å². The van der Waals surface area contributed by atoms with Crippen molar-refractivity contribution >= 4 is 6.03 Å². The minimum Gasteiger partial charge on any atom is -0.497 e. The third-order valence-corrected chi connectivity index (χ3v) is 5.79. The summed E-state index contributed by atoms with van der Waals surface area (Å²) in [5.74, 6) is 1.99. The van der Waals surface area contributed by atoms with E-state index in [1.807, 2.05) is 98.9 Å². The molecule has 36 heavy (non-hydrogen) atoms. The molecule has 1 aromatic heterocycles. The zero-order valence-corrected chi connectivity index (χ0v) is 21.0. The topological polar surface area (TPSA) is 68.6 Å². The molecule has 2 amide bonds. The Morgan fingerprint density at radius 1 is 0.917 bits per heavy atom. The van der Waals surface area contributed by atoms with Gasteiger partial charge < -0.3 is 19.7 Å². The van der Waals surface area contributed by atoms with E-state index in [0.717, 1.165) is 34.6 Å². The van der Waals surface area contributed by atoms with Crippen molar-refractivity contribution in [2.24, 2.45) is 7.05 Å². The van der Waals surface area contributed by atoms with Crippen molar-refractivity contribution in [1.29, 1.82) is 0 Å². The van der Waals surface area contributed by atoms with Crippen molar-refractivity contribution in [2.45, 2.75) is 26.4 Å². The molecule has 0 aliphatic heterocycles. The van der Waals surface area contributed by atoms with Crippen molar-refractivity contribution in [2.75, 3.05) is 13.7 Å². The third-order valence-electron chi connectivity index (χ3n) is 5.79. The predicted octanol–water partition coefficient (Wildman–Crippen LogP) is 6.01. The summed E-state index contributed by atoms with van der Waals surface area (Å²) in [6.07, 6.45) is 0.860. The highest BCUT2D eigenvalue weighted by molar-refractivity contribution is 5.75. The number of hydrogen-bond acceptors (Lipinski definition) is 4. The van der Waals surface area contributed by atoms with Gasteiger partial charge in [0.25, 0.3) is 0 Å². The molecule has 0 aliphatic carbocycles. The number of rotatable bonds is 10. The van der Waals surface area contributed by atoms with E-state index in [9.17, 15) is 4.79 Å². The molecule has 0 fully saturated rings. The number of aromatic nitrogens is 2. The average Bonchev–Trinajstić information content (AvgIpc) is 3.22. The third kappa shape index (κ3) is 6.05. The number of amides is 2. The van der Waals surface area contributed by atoms with Crippen LogP contribution in [0, 0.1) is 0 Å². The molecule has 0 aliphatic rings. The quantitative estimate of drug-likeness (QED) is 0.299. The number of nitrogens with one attached hydrogen (secondary N) is 1. The number of urea groups is 1. The highest BCUT2D eigenvalue weighted by Gasteiger charge is 2.24. The van der Waals surface area contributed by atoms with Crippen molar-refractivity contribution in [3.8, 4) is 28.6 Å². The normalized spacial score (nSPS) is 10.6. The molecule has 1 N–H and O–H groups in total. The first kappa shape index (κ1) is 24.9. The maximum Gasteiger partial charge on any atom is 0.318 e. The maximum absolute atomic E-state index is 13.2. The van der Waals surface area contributed by atoms with Crippen molar-refractivity contribution in [3.63, 3.8) is 0 Å². The first-order valence-electron chi connectivity index (χ1n) is 12.1. The molecule has 3 aromatic carbocycles. The minimum atomic E-state index is -0.126. The summed E-state index contributed by atoms with van der Waals surface area (Å²) in [5.41, 5.74) is 3.62. The fourth-order valence-corrected chi connectivity index (χ4v) is 3.94. The molecule has 0 saturated carbocycles. The molecule has 7 heteroatoms. The molecule has 0 unspecified atom stereocenters. The fourth-order valence-electron chi connectivity index (χ4n) is 3.94. The van der Waals surface area contributed by atoms with Crippen LogP contribution in [0.15, 0.2) is 84.9 Å². The molecule has 4 aromatic rings. The van der Waals surface area contributed by atoms with Gasteiger partial charge in [-0.2, -0.15) is 5.10 Å². The fraction of sp³-hybridized carbons (Fsp3) is 0.241. The Morgan fingerprint density at radius 3 is 2.19 bits per heavy atom. The molecule has 7 nitrogen and oxygen atoms in total. The summed E-state index contributed by atoms with van der Waals surface area (Å²) in [4.78, 5) is 15.0. The van der Waals surface area contributed by atoms with E-state index in [-0.39, 0.29) is 6.03 Å². The number of nitrogens with zero attached hydrogens (tertiary/aromatic N) is 3. The van der Waals surface area contributed by atoms with E-state index in [1.165, 1.54) is 0 Å². The summed E-state index contributed by atoms with van der Waals surface area (Å²) in [6.45, 7) is 3.44. The Kier molecular flexibility index (Phi) is 8.24. The van der Waals surface area contributed by atoms with Crippen LogP contribution in [0.2, 0.25) is 0 Å². The summed E-state index contributed by atoms with van der Waals surface area (Å²) in [5, 5.41) is 7.83. The highest BCUT2D eigenvalue weighted by Crippen LogP contribution is 2.35. The van der Waals surface area contributed by atoms with Gasteiger partial charge in [-0.1, -0.05) is 67.6 Å². The van der Waals surface area contributed by atoms with Gasteiger partial charge in [0, 0.05) is 25.7 Å². The van der Waals surface area contributed by atoms with E-state index in [4.69, 9.17) is 14.6 Å². The second-order valence-corrected chi connectivity index (χ2v) is 8.47. The van der Waals surface area contributed by atoms with Crippen LogP contribution in [0.1, 0.15) is 24.5 Å². The van der Waals surface area contributed by atoms with Crippen LogP contribution < -0.4 is 14.8 Å². The lowest BCUT2D eigenvalue weighted by molar-refractivity contribution is 0.192. The van der Waals surface area contributed by atoms with Crippen LogP contribution in [-0.4, -0.2) is 34.4 Å². The first-order valence-corrected chi connectivity index (χ1v) is 12.1. The lowest BCUT2D eigenvalue weighted by Gasteiger charge is -2.24. The second-order valence-electron chi connectivity index (χ2n) is 8.47. The highest BCUT2D eigenvalue weighted by atomic mass is 16.5. The molecule has 0 saturated heterocycles. The van der Waals surface area contributed by atoms with E-state index >= 15 is 0 Å². The number of benzene rings is 3. The van der Waals surface area contributed by atoms with Crippen molar-refractivity contribution < 1.29 is 14.3 Å². The van der Waals surface area contributed by atoms with Crippen molar-refractivity contribution in [3.05, 3.63) is 96.1 Å². The van der Waals surface area contributed by atoms with Crippen LogP contribution in [0.25, 0.3) is 11.3 Å². The predicted molar refractivity (Wildman–Crippen MR) is 141 cm³/mol.